The highest BCUT2D eigenvalue weighted by atomic mass is 32.1. The molecule has 0 saturated carbocycles. The zero-order chi connectivity index (χ0) is 12.3. The molecular formula is C12H15N3OS. The first-order chi connectivity index (χ1) is 8.16. The van der Waals surface area contributed by atoms with E-state index in [1.165, 1.54) is 0 Å². The first kappa shape index (κ1) is 12.0. The molecule has 2 aromatic rings. The van der Waals surface area contributed by atoms with Gasteiger partial charge in [0.15, 0.2) is 0 Å². The summed E-state index contributed by atoms with van der Waals surface area (Å²) in [6.45, 7) is 4.23. The predicted molar refractivity (Wildman–Crippen MR) is 69.3 cm³/mol. The van der Waals surface area contributed by atoms with Gasteiger partial charge in [0.1, 0.15) is 5.82 Å². The number of hydrogen-bond acceptors (Lipinski definition) is 5. The fourth-order valence-electron chi connectivity index (χ4n) is 1.48. The molecule has 0 amide bonds. The second-order valence-corrected chi connectivity index (χ2v) is 4.68. The highest BCUT2D eigenvalue weighted by Gasteiger charge is 2.09. The molecule has 2 aromatic heterocycles. The van der Waals surface area contributed by atoms with Crippen molar-refractivity contribution in [2.45, 2.75) is 20.0 Å². The lowest BCUT2D eigenvalue weighted by atomic mass is 10.2. The molecular weight excluding hydrogens is 234 g/mol. The van der Waals surface area contributed by atoms with Crippen LogP contribution in [0.25, 0.3) is 0 Å². The summed E-state index contributed by atoms with van der Waals surface area (Å²) in [5.41, 5.74) is 2.64. The van der Waals surface area contributed by atoms with Crippen LogP contribution in [0.5, 0.6) is 0 Å². The highest BCUT2D eigenvalue weighted by molar-refractivity contribution is 7.07. The largest absolute Gasteiger partial charge is 0.387 e. The predicted octanol–water partition coefficient (Wildman–Crippen LogP) is 2.30. The van der Waals surface area contributed by atoms with Gasteiger partial charge in [0.2, 0.25) is 0 Å². The summed E-state index contributed by atoms with van der Waals surface area (Å²) in [4.78, 5) is 8.56. The van der Waals surface area contributed by atoms with Crippen molar-refractivity contribution in [3.8, 4) is 0 Å². The lowest BCUT2D eigenvalue weighted by Crippen LogP contribution is -2.14. The van der Waals surface area contributed by atoms with Crippen LogP contribution in [0.4, 0.5) is 5.82 Å². The van der Waals surface area contributed by atoms with E-state index < -0.39 is 6.10 Å². The molecule has 5 heteroatoms. The third-order valence-electron chi connectivity index (χ3n) is 2.47. The Labute approximate surface area is 104 Å². The van der Waals surface area contributed by atoms with Crippen molar-refractivity contribution >= 4 is 17.2 Å². The molecule has 2 N–H and O–H groups in total. The standard InChI is InChI=1S/C12H15N3OS/c1-8-5-13-9(2)12(15-8)14-6-11(16)10-3-4-17-7-10/h3-5,7,11,16H,6H2,1-2H3,(H,14,15). The van der Waals surface area contributed by atoms with Crippen molar-refractivity contribution in [2.75, 3.05) is 11.9 Å². The maximum atomic E-state index is 9.93. The first-order valence-electron chi connectivity index (χ1n) is 5.41. The third kappa shape index (κ3) is 3.01. The van der Waals surface area contributed by atoms with Crippen LogP contribution in [-0.4, -0.2) is 21.6 Å². The van der Waals surface area contributed by atoms with Crippen LogP contribution >= 0.6 is 11.3 Å². The molecule has 0 spiro atoms. The Morgan fingerprint density at radius 2 is 2.29 bits per heavy atom. The van der Waals surface area contributed by atoms with Gasteiger partial charge in [-0.25, -0.2) is 4.98 Å². The number of thiophene rings is 1. The van der Waals surface area contributed by atoms with E-state index in [-0.39, 0.29) is 0 Å². The van der Waals surface area contributed by atoms with E-state index in [1.54, 1.807) is 17.5 Å². The molecule has 0 aliphatic heterocycles. The average Bonchev–Trinajstić information content (AvgIpc) is 2.83. The highest BCUT2D eigenvalue weighted by Crippen LogP contribution is 2.17. The molecule has 90 valence electrons. The number of nitrogens with one attached hydrogen (secondary N) is 1. The van der Waals surface area contributed by atoms with Crippen LogP contribution in [0, 0.1) is 13.8 Å². The average molecular weight is 249 g/mol. The Hall–Kier alpha value is -1.46. The topological polar surface area (TPSA) is 58.0 Å². The van der Waals surface area contributed by atoms with Crippen molar-refractivity contribution in [1.82, 2.24) is 9.97 Å². The summed E-state index contributed by atoms with van der Waals surface area (Å²) in [7, 11) is 0. The number of aromatic nitrogens is 2. The molecule has 2 heterocycles. The molecule has 0 aliphatic rings. The van der Waals surface area contributed by atoms with Crippen LogP contribution in [0.3, 0.4) is 0 Å². The van der Waals surface area contributed by atoms with E-state index in [4.69, 9.17) is 0 Å². The number of aliphatic hydroxyl groups excluding tert-OH is 1. The maximum Gasteiger partial charge on any atom is 0.147 e. The van der Waals surface area contributed by atoms with Gasteiger partial charge < -0.3 is 10.4 Å². The van der Waals surface area contributed by atoms with Crippen LogP contribution < -0.4 is 5.32 Å². The molecule has 0 radical (unpaired) electrons. The second kappa shape index (κ2) is 5.25. The minimum absolute atomic E-state index is 0.440. The normalized spacial score (nSPS) is 12.4. The molecule has 17 heavy (non-hydrogen) atoms. The lowest BCUT2D eigenvalue weighted by molar-refractivity contribution is 0.192. The summed E-state index contributed by atoms with van der Waals surface area (Å²) >= 11 is 1.58. The zero-order valence-corrected chi connectivity index (χ0v) is 10.7. The SMILES string of the molecule is Cc1cnc(C)c(NCC(O)c2ccsc2)n1. The Morgan fingerprint density at radius 1 is 1.47 bits per heavy atom. The quantitative estimate of drug-likeness (QED) is 0.873. The maximum absolute atomic E-state index is 9.93. The Balaban J connectivity index is 2.00. The smallest absolute Gasteiger partial charge is 0.147 e. The Morgan fingerprint density at radius 3 is 3.00 bits per heavy atom. The fraction of sp³-hybridized carbons (Fsp3) is 0.333. The molecule has 2 rings (SSSR count). The van der Waals surface area contributed by atoms with Crippen molar-refractivity contribution in [3.63, 3.8) is 0 Å². The molecule has 0 bridgehead atoms. The monoisotopic (exact) mass is 249 g/mol. The minimum Gasteiger partial charge on any atom is -0.387 e. The summed E-state index contributed by atoms with van der Waals surface area (Å²) < 4.78 is 0. The van der Waals surface area contributed by atoms with Gasteiger partial charge in [0.05, 0.1) is 17.5 Å². The molecule has 0 fully saturated rings. The van der Waals surface area contributed by atoms with Crippen molar-refractivity contribution < 1.29 is 5.11 Å². The van der Waals surface area contributed by atoms with Gasteiger partial charge in [-0.3, -0.25) is 4.98 Å². The number of hydrogen-bond donors (Lipinski definition) is 2. The van der Waals surface area contributed by atoms with Crippen LogP contribution in [0.15, 0.2) is 23.0 Å². The van der Waals surface area contributed by atoms with Gasteiger partial charge in [0, 0.05) is 12.7 Å². The second-order valence-electron chi connectivity index (χ2n) is 3.90. The van der Waals surface area contributed by atoms with Crippen LogP contribution in [0.2, 0.25) is 0 Å². The molecule has 1 atom stereocenters. The number of rotatable bonds is 4. The van der Waals surface area contributed by atoms with E-state index in [2.05, 4.69) is 15.3 Å². The summed E-state index contributed by atoms with van der Waals surface area (Å²) in [6.07, 6.45) is 1.22. The van der Waals surface area contributed by atoms with Gasteiger partial charge in [0.25, 0.3) is 0 Å². The van der Waals surface area contributed by atoms with Gasteiger partial charge in [-0.05, 0) is 36.2 Å². The van der Waals surface area contributed by atoms with Gasteiger partial charge in [-0.1, -0.05) is 0 Å². The van der Waals surface area contributed by atoms with E-state index in [1.807, 2.05) is 30.7 Å². The number of anilines is 1. The van der Waals surface area contributed by atoms with Crippen molar-refractivity contribution in [3.05, 3.63) is 40.0 Å². The summed E-state index contributed by atoms with van der Waals surface area (Å²) in [6, 6.07) is 1.92. The molecule has 0 aliphatic carbocycles. The molecule has 0 saturated heterocycles. The van der Waals surface area contributed by atoms with Crippen molar-refractivity contribution in [1.29, 1.82) is 0 Å². The van der Waals surface area contributed by atoms with E-state index in [0.717, 1.165) is 22.8 Å². The molecule has 4 nitrogen and oxygen atoms in total. The van der Waals surface area contributed by atoms with Crippen LogP contribution in [0.1, 0.15) is 23.1 Å². The van der Waals surface area contributed by atoms with E-state index in [9.17, 15) is 5.11 Å². The lowest BCUT2D eigenvalue weighted by Gasteiger charge is -2.12. The summed E-state index contributed by atoms with van der Waals surface area (Å²) in [5, 5.41) is 16.9. The first-order valence-corrected chi connectivity index (χ1v) is 6.35. The van der Waals surface area contributed by atoms with Gasteiger partial charge >= 0.3 is 0 Å². The Bertz CT molecular complexity index is 485. The summed E-state index contributed by atoms with van der Waals surface area (Å²) in [5.74, 6) is 0.735. The third-order valence-corrected chi connectivity index (χ3v) is 3.17. The van der Waals surface area contributed by atoms with Gasteiger partial charge in [-0.2, -0.15) is 11.3 Å². The van der Waals surface area contributed by atoms with Crippen molar-refractivity contribution in [2.24, 2.45) is 0 Å². The van der Waals surface area contributed by atoms with E-state index >= 15 is 0 Å². The fourth-order valence-corrected chi connectivity index (χ4v) is 2.19. The van der Waals surface area contributed by atoms with E-state index in [0.29, 0.717) is 6.54 Å². The number of aliphatic hydroxyl groups is 1. The van der Waals surface area contributed by atoms with Crippen LogP contribution in [-0.2, 0) is 0 Å². The number of aryl methyl sites for hydroxylation is 2. The Kier molecular flexibility index (Phi) is 3.71. The molecule has 1 unspecified atom stereocenters. The molecule has 0 aromatic carbocycles. The zero-order valence-electron chi connectivity index (χ0n) is 9.84. The minimum atomic E-state index is -0.511. The van der Waals surface area contributed by atoms with Gasteiger partial charge in [-0.15, -0.1) is 0 Å². The number of nitrogens with zero attached hydrogens (tertiary/aromatic N) is 2.